The molecule has 0 rings (SSSR count). The van der Waals surface area contributed by atoms with E-state index < -0.39 is 0 Å². The number of allylic oxidation sites excluding steroid dienone is 1. The molecule has 0 aliphatic heterocycles. The molecule has 0 spiro atoms. The third-order valence-electron chi connectivity index (χ3n) is 0.906. The molecule has 0 heterocycles. The topological polar surface area (TPSA) is 29.5 Å². The highest BCUT2D eigenvalue weighted by molar-refractivity contribution is 5.01. The van der Waals surface area contributed by atoms with E-state index in [9.17, 15) is 0 Å². The number of hydrogen-bond acceptors (Lipinski definition) is 2. The Labute approximate surface area is 61.1 Å². The van der Waals surface area contributed by atoms with Gasteiger partial charge >= 0.3 is 0 Å². The predicted octanol–water partition coefficient (Wildman–Crippen LogP) is 2.16. The van der Waals surface area contributed by atoms with Gasteiger partial charge in [-0.1, -0.05) is 19.7 Å². The van der Waals surface area contributed by atoms with Crippen LogP contribution in [0.25, 0.3) is 0 Å². The summed E-state index contributed by atoms with van der Waals surface area (Å²) in [6.45, 7) is 10.7. The van der Waals surface area contributed by atoms with Crippen LogP contribution < -0.4 is 0 Å². The first-order valence-electron chi connectivity index (χ1n) is 2.97. The normalized spacial score (nSPS) is 8.40. The molecule has 0 atom stereocenters. The fraction of sp³-hybridized carbons (Fsp3) is 0.250. The largest absolute Gasteiger partial charge is 0.513 e. The number of rotatable bonds is 5. The zero-order valence-corrected chi connectivity index (χ0v) is 5.97. The Kier molecular flexibility index (Phi) is 4.12. The van der Waals surface area contributed by atoms with Crippen molar-refractivity contribution < 1.29 is 9.84 Å². The lowest BCUT2D eigenvalue weighted by molar-refractivity contribution is 0.214. The maximum atomic E-state index is 8.61. The molecule has 10 heavy (non-hydrogen) atoms. The van der Waals surface area contributed by atoms with Crippen molar-refractivity contribution in [3.05, 3.63) is 37.3 Å². The standard InChI is InChI=1S/C8H12O2/c1-4-8(3)10-6-5-7(2)9/h4,9H,1-3,5-6H2. The fourth-order valence-corrected chi connectivity index (χ4v) is 0.359. The molecule has 0 fully saturated rings. The molecular weight excluding hydrogens is 128 g/mol. The molecule has 0 aromatic heterocycles. The molecule has 56 valence electrons. The van der Waals surface area contributed by atoms with Crippen LogP contribution >= 0.6 is 0 Å². The summed E-state index contributed by atoms with van der Waals surface area (Å²) in [6, 6.07) is 0. The minimum atomic E-state index is 0.122. The van der Waals surface area contributed by atoms with Crippen LogP contribution in [0.1, 0.15) is 6.42 Å². The van der Waals surface area contributed by atoms with Crippen molar-refractivity contribution in [1.29, 1.82) is 0 Å². The second-order valence-electron chi connectivity index (χ2n) is 1.84. The maximum absolute atomic E-state index is 8.61. The maximum Gasteiger partial charge on any atom is 0.111 e. The minimum absolute atomic E-state index is 0.122. The highest BCUT2D eigenvalue weighted by atomic mass is 16.5. The molecule has 2 heteroatoms. The fourth-order valence-electron chi connectivity index (χ4n) is 0.359. The molecular formula is C8H12O2. The van der Waals surface area contributed by atoms with Crippen LogP contribution in [0.2, 0.25) is 0 Å². The van der Waals surface area contributed by atoms with Gasteiger partial charge in [-0.25, -0.2) is 0 Å². The Balaban J connectivity index is 3.28. The molecule has 0 saturated carbocycles. The number of aliphatic hydroxyl groups excluding tert-OH is 1. The SMILES string of the molecule is C=CC(=C)OCCC(=C)O. The van der Waals surface area contributed by atoms with Crippen LogP contribution in [0.4, 0.5) is 0 Å². The van der Waals surface area contributed by atoms with Gasteiger partial charge in [0.1, 0.15) is 5.76 Å². The molecule has 0 saturated heterocycles. The summed E-state index contributed by atoms with van der Waals surface area (Å²) in [7, 11) is 0. The summed E-state index contributed by atoms with van der Waals surface area (Å²) < 4.78 is 4.97. The summed E-state index contributed by atoms with van der Waals surface area (Å²) in [5.41, 5.74) is 0. The summed E-state index contributed by atoms with van der Waals surface area (Å²) in [6.07, 6.45) is 1.95. The van der Waals surface area contributed by atoms with Gasteiger partial charge in [0, 0.05) is 6.42 Å². The molecule has 1 N–H and O–H groups in total. The number of ether oxygens (including phenoxy) is 1. The quantitative estimate of drug-likeness (QED) is 0.468. The molecule has 0 aromatic rings. The Morgan fingerprint density at radius 3 is 2.50 bits per heavy atom. The van der Waals surface area contributed by atoms with Crippen molar-refractivity contribution in [1.82, 2.24) is 0 Å². The summed E-state index contributed by atoms with van der Waals surface area (Å²) >= 11 is 0. The van der Waals surface area contributed by atoms with E-state index in [0.29, 0.717) is 18.8 Å². The average Bonchev–Trinajstić information content (AvgIpc) is 1.87. The van der Waals surface area contributed by atoms with E-state index in [1.54, 1.807) is 0 Å². The molecule has 0 radical (unpaired) electrons. The Hall–Kier alpha value is -1.18. The molecule has 0 unspecified atom stereocenters. The van der Waals surface area contributed by atoms with Crippen molar-refractivity contribution in [3.63, 3.8) is 0 Å². The second-order valence-corrected chi connectivity index (χ2v) is 1.84. The van der Waals surface area contributed by atoms with Crippen molar-refractivity contribution in [2.24, 2.45) is 0 Å². The lowest BCUT2D eigenvalue weighted by atomic mass is 10.4. The smallest absolute Gasteiger partial charge is 0.111 e. The van der Waals surface area contributed by atoms with Gasteiger partial charge in [-0.2, -0.15) is 0 Å². The van der Waals surface area contributed by atoms with Crippen LogP contribution in [0.5, 0.6) is 0 Å². The van der Waals surface area contributed by atoms with Crippen LogP contribution in [0.15, 0.2) is 37.3 Å². The van der Waals surface area contributed by atoms with E-state index in [2.05, 4.69) is 19.7 Å². The van der Waals surface area contributed by atoms with Crippen LogP contribution in [-0.2, 0) is 4.74 Å². The third-order valence-corrected chi connectivity index (χ3v) is 0.906. The Bertz CT molecular complexity index is 147. The third kappa shape index (κ3) is 4.97. The lowest BCUT2D eigenvalue weighted by Crippen LogP contribution is -1.92. The van der Waals surface area contributed by atoms with Crippen molar-refractivity contribution >= 4 is 0 Å². The van der Waals surface area contributed by atoms with E-state index in [4.69, 9.17) is 9.84 Å². The van der Waals surface area contributed by atoms with Crippen LogP contribution in [0.3, 0.4) is 0 Å². The molecule has 0 aromatic carbocycles. The summed E-state index contributed by atoms with van der Waals surface area (Å²) in [5.74, 6) is 0.637. The zero-order chi connectivity index (χ0) is 7.98. The van der Waals surface area contributed by atoms with E-state index >= 15 is 0 Å². The number of hydrogen-bond donors (Lipinski definition) is 1. The van der Waals surface area contributed by atoms with E-state index in [-0.39, 0.29) is 5.76 Å². The first-order valence-corrected chi connectivity index (χ1v) is 2.97. The second kappa shape index (κ2) is 4.68. The van der Waals surface area contributed by atoms with Gasteiger partial charge in [0.15, 0.2) is 0 Å². The van der Waals surface area contributed by atoms with E-state index in [0.717, 1.165) is 0 Å². The van der Waals surface area contributed by atoms with E-state index in [1.165, 1.54) is 6.08 Å². The number of aliphatic hydroxyl groups is 1. The molecule has 2 nitrogen and oxygen atoms in total. The van der Waals surface area contributed by atoms with Gasteiger partial charge < -0.3 is 9.84 Å². The van der Waals surface area contributed by atoms with Crippen LogP contribution in [-0.4, -0.2) is 11.7 Å². The zero-order valence-electron chi connectivity index (χ0n) is 5.97. The monoisotopic (exact) mass is 140 g/mol. The summed E-state index contributed by atoms with van der Waals surface area (Å²) in [5, 5.41) is 8.61. The van der Waals surface area contributed by atoms with Gasteiger partial charge in [-0.3, -0.25) is 0 Å². The average molecular weight is 140 g/mol. The van der Waals surface area contributed by atoms with E-state index in [1.807, 2.05) is 0 Å². The van der Waals surface area contributed by atoms with Gasteiger partial charge in [0.05, 0.1) is 12.4 Å². The van der Waals surface area contributed by atoms with Gasteiger partial charge in [-0.05, 0) is 6.08 Å². The molecule has 0 amide bonds. The van der Waals surface area contributed by atoms with Gasteiger partial charge in [0.25, 0.3) is 0 Å². The highest BCUT2D eigenvalue weighted by Crippen LogP contribution is 1.98. The van der Waals surface area contributed by atoms with Crippen molar-refractivity contribution in [2.75, 3.05) is 6.61 Å². The Morgan fingerprint density at radius 1 is 1.50 bits per heavy atom. The van der Waals surface area contributed by atoms with Crippen molar-refractivity contribution in [3.8, 4) is 0 Å². The van der Waals surface area contributed by atoms with Crippen LogP contribution in [0, 0.1) is 0 Å². The molecule has 0 bridgehead atoms. The van der Waals surface area contributed by atoms with Gasteiger partial charge in [0.2, 0.25) is 0 Å². The predicted molar refractivity (Wildman–Crippen MR) is 41.7 cm³/mol. The first-order chi connectivity index (χ1) is 4.66. The molecule has 0 aliphatic carbocycles. The molecule has 0 aliphatic rings. The highest BCUT2D eigenvalue weighted by Gasteiger charge is 1.90. The van der Waals surface area contributed by atoms with Gasteiger partial charge in [-0.15, -0.1) is 0 Å². The first kappa shape index (κ1) is 8.82. The minimum Gasteiger partial charge on any atom is -0.513 e. The lowest BCUT2D eigenvalue weighted by Gasteiger charge is -2.02. The summed E-state index contributed by atoms with van der Waals surface area (Å²) in [4.78, 5) is 0. The van der Waals surface area contributed by atoms with Crippen molar-refractivity contribution in [2.45, 2.75) is 6.42 Å². The Morgan fingerprint density at radius 2 is 2.10 bits per heavy atom.